The summed E-state index contributed by atoms with van der Waals surface area (Å²) in [6, 6.07) is 6.86. The predicted molar refractivity (Wildman–Crippen MR) is 68.8 cm³/mol. The summed E-state index contributed by atoms with van der Waals surface area (Å²) in [5.41, 5.74) is -0.171. The monoisotopic (exact) mass is 260 g/mol. The van der Waals surface area contributed by atoms with E-state index < -0.39 is 11.4 Å². The van der Waals surface area contributed by atoms with Gasteiger partial charge < -0.3 is 10.0 Å². The Morgan fingerprint density at radius 3 is 2.53 bits per heavy atom. The van der Waals surface area contributed by atoms with Crippen LogP contribution in [0.1, 0.15) is 36.8 Å². The molecule has 0 saturated carbocycles. The zero-order chi connectivity index (χ0) is 13.6. The van der Waals surface area contributed by atoms with Gasteiger partial charge in [0.15, 0.2) is 0 Å². The number of benzene rings is 1. The van der Waals surface area contributed by atoms with E-state index in [9.17, 15) is 9.50 Å². The van der Waals surface area contributed by atoms with Crippen LogP contribution in [0, 0.1) is 17.1 Å². The van der Waals surface area contributed by atoms with Crippen molar-refractivity contribution in [1.29, 1.82) is 5.26 Å². The Bertz CT molecular complexity index is 538. The van der Waals surface area contributed by atoms with E-state index in [1.54, 1.807) is 6.07 Å². The molecule has 2 unspecified atom stereocenters. The molecule has 2 aliphatic heterocycles. The van der Waals surface area contributed by atoms with Crippen molar-refractivity contribution in [2.24, 2.45) is 0 Å². The maximum atomic E-state index is 13.6. The number of fused-ring (bicyclic) bond motifs is 2. The van der Waals surface area contributed by atoms with Crippen LogP contribution in [0.3, 0.4) is 0 Å². The van der Waals surface area contributed by atoms with Crippen molar-refractivity contribution in [2.45, 2.75) is 43.4 Å². The largest absolute Gasteiger partial charge is 0.385 e. The molecule has 2 heterocycles. The van der Waals surface area contributed by atoms with E-state index in [-0.39, 0.29) is 5.56 Å². The third-order valence-electron chi connectivity index (χ3n) is 4.70. The van der Waals surface area contributed by atoms with Crippen LogP contribution < -0.4 is 0 Å². The SMILES string of the molecule is CN1C2CCC1CC(O)(c1cc(F)cc(C#N)c1)C2. The molecule has 1 N–H and O–H groups in total. The van der Waals surface area contributed by atoms with Gasteiger partial charge in [0.1, 0.15) is 5.82 Å². The number of hydrogen-bond donors (Lipinski definition) is 1. The van der Waals surface area contributed by atoms with E-state index in [0.29, 0.717) is 30.5 Å². The Morgan fingerprint density at radius 1 is 1.32 bits per heavy atom. The molecule has 2 bridgehead atoms. The molecule has 3 nitrogen and oxygen atoms in total. The summed E-state index contributed by atoms with van der Waals surface area (Å²) in [7, 11) is 2.09. The Hall–Kier alpha value is -1.44. The first-order valence-corrected chi connectivity index (χ1v) is 6.67. The predicted octanol–water partition coefficient (Wildman–Crippen LogP) is 2.14. The number of nitrogens with zero attached hydrogens (tertiary/aromatic N) is 2. The van der Waals surface area contributed by atoms with Crippen LogP contribution in [0.15, 0.2) is 18.2 Å². The van der Waals surface area contributed by atoms with Crippen molar-refractivity contribution < 1.29 is 9.50 Å². The topological polar surface area (TPSA) is 47.3 Å². The second-order valence-electron chi connectivity index (χ2n) is 5.83. The fraction of sp³-hybridized carbons (Fsp3) is 0.533. The fourth-order valence-electron chi connectivity index (χ4n) is 3.60. The molecule has 0 spiro atoms. The summed E-state index contributed by atoms with van der Waals surface area (Å²) in [6.07, 6.45) is 3.41. The molecule has 0 radical (unpaired) electrons. The van der Waals surface area contributed by atoms with Gasteiger partial charge in [-0.05, 0) is 56.5 Å². The second-order valence-corrected chi connectivity index (χ2v) is 5.83. The van der Waals surface area contributed by atoms with Crippen LogP contribution in [-0.2, 0) is 5.60 Å². The van der Waals surface area contributed by atoms with Gasteiger partial charge in [-0.3, -0.25) is 0 Å². The van der Waals surface area contributed by atoms with Crippen LogP contribution in [-0.4, -0.2) is 29.1 Å². The zero-order valence-corrected chi connectivity index (χ0v) is 10.9. The van der Waals surface area contributed by atoms with Crippen molar-refractivity contribution in [3.8, 4) is 6.07 Å². The molecule has 19 heavy (non-hydrogen) atoms. The number of nitriles is 1. The number of hydrogen-bond acceptors (Lipinski definition) is 3. The summed E-state index contributed by atoms with van der Waals surface area (Å²) in [5, 5.41) is 19.8. The quantitative estimate of drug-likeness (QED) is 0.841. The molecule has 0 amide bonds. The van der Waals surface area contributed by atoms with Crippen LogP contribution in [0.25, 0.3) is 0 Å². The van der Waals surface area contributed by atoms with E-state index in [1.807, 2.05) is 6.07 Å². The van der Waals surface area contributed by atoms with Gasteiger partial charge in [-0.1, -0.05) is 0 Å². The molecule has 2 saturated heterocycles. The molecule has 0 aromatic heterocycles. The highest BCUT2D eigenvalue weighted by molar-refractivity contribution is 5.37. The number of rotatable bonds is 1. The average molecular weight is 260 g/mol. The van der Waals surface area contributed by atoms with Gasteiger partial charge in [-0.2, -0.15) is 5.26 Å². The number of piperidine rings is 1. The summed E-state index contributed by atoms with van der Waals surface area (Å²) in [6.45, 7) is 0. The lowest BCUT2D eigenvalue weighted by Gasteiger charge is -2.42. The van der Waals surface area contributed by atoms with Crippen LogP contribution in [0.2, 0.25) is 0 Å². The lowest BCUT2D eigenvalue weighted by Crippen LogP contribution is -2.47. The first kappa shape index (κ1) is 12.6. The summed E-state index contributed by atoms with van der Waals surface area (Å²) < 4.78 is 13.6. The molecule has 3 rings (SSSR count). The van der Waals surface area contributed by atoms with Gasteiger partial charge in [0, 0.05) is 12.1 Å². The Morgan fingerprint density at radius 2 is 1.95 bits per heavy atom. The highest BCUT2D eigenvalue weighted by atomic mass is 19.1. The van der Waals surface area contributed by atoms with E-state index >= 15 is 0 Å². The van der Waals surface area contributed by atoms with Crippen LogP contribution >= 0.6 is 0 Å². The first-order valence-electron chi connectivity index (χ1n) is 6.67. The highest BCUT2D eigenvalue weighted by Gasteiger charge is 2.46. The maximum absolute atomic E-state index is 13.6. The molecular formula is C15H17FN2O. The normalized spacial score (nSPS) is 34.2. The average Bonchev–Trinajstić information content (AvgIpc) is 2.62. The van der Waals surface area contributed by atoms with E-state index in [2.05, 4.69) is 11.9 Å². The van der Waals surface area contributed by atoms with Crippen molar-refractivity contribution in [3.05, 3.63) is 35.1 Å². The van der Waals surface area contributed by atoms with Gasteiger partial charge in [-0.15, -0.1) is 0 Å². The standard InChI is InChI=1S/C15H17FN2O/c1-18-13-2-3-14(18)8-15(19,7-13)11-4-10(9-17)5-12(16)6-11/h4-6,13-14,19H,2-3,7-8H2,1H3. The fourth-order valence-corrected chi connectivity index (χ4v) is 3.60. The van der Waals surface area contributed by atoms with E-state index in [1.165, 1.54) is 12.1 Å². The minimum absolute atomic E-state index is 0.273. The van der Waals surface area contributed by atoms with Crippen LogP contribution in [0.4, 0.5) is 4.39 Å². The van der Waals surface area contributed by atoms with Gasteiger partial charge >= 0.3 is 0 Å². The molecule has 100 valence electrons. The second kappa shape index (κ2) is 4.29. The molecule has 0 aliphatic carbocycles. The third-order valence-corrected chi connectivity index (χ3v) is 4.70. The molecular weight excluding hydrogens is 243 g/mol. The highest BCUT2D eigenvalue weighted by Crippen LogP contribution is 2.45. The molecule has 1 aromatic carbocycles. The van der Waals surface area contributed by atoms with Crippen molar-refractivity contribution in [3.63, 3.8) is 0 Å². The Labute approximate surface area is 112 Å². The third kappa shape index (κ3) is 2.03. The lowest BCUT2D eigenvalue weighted by molar-refractivity contribution is -0.0495. The number of aliphatic hydroxyl groups is 1. The van der Waals surface area contributed by atoms with Crippen molar-refractivity contribution in [2.75, 3.05) is 7.05 Å². The lowest BCUT2D eigenvalue weighted by atomic mass is 9.80. The first-order chi connectivity index (χ1) is 9.01. The van der Waals surface area contributed by atoms with Crippen molar-refractivity contribution >= 4 is 0 Å². The van der Waals surface area contributed by atoms with Crippen LogP contribution in [0.5, 0.6) is 0 Å². The summed E-state index contributed by atoms with van der Waals surface area (Å²) in [5.74, 6) is -0.450. The number of halogens is 1. The molecule has 1 aromatic rings. The smallest absolute Gasteiger partial charge is 0.124 e. The van der Waals surface area contributed by atoms with Gasteiger partial charge in [0.25, 0.3) is 0 Å². The Kier molecular flexibility index (Phi) is 2.84. The van der Waals surface area contributed by atoms with E-state index in [0.717, 1.165) is 12.8 Å². The maximum Gasteiger partial charge on any atom is 0.124 e. The minimum Gasteiger partial charge on any atom is -0.385 e. The molecule has 2 fully saturated rings. The van der Waals surface area contributed by atoms with Gasteiger partial charge in [0.2, 0.25) is 0 Å². The van der Waals surface area contributed by atoms with Gasteiger partial charge in [-0.25, -0.2) is 4.39 Å². The summed E-state index contributed by atoms with van der Waals surface area (Å²) in [4.78, 5) is 2.32. The zero-order valence-electron chi connectivity index (χ0n) is 10.9. The van der Waals surface area contributed by atoms with Crippen molar-refractivity contribution in [1.82, 2.24) is 4.90 Å². The molecule has 4 heteroatoms. The minimum atomic E-state index is -0.994. The summed E-state index contributed by atoms with van der Waals surface area (Å²) >= 11 is 0. The van der Waals surface area contributed by atoms with E-state index in [4.69, 9.17) is 5.26 Å². The molecule has 2 aliphatic rings. The molecule has 2 atom stereocenters. The Balaban J connectivity index is 1.98. The van der Waals surface area contributed by atoms with Gasteiger partial charge in [0.05, 0.1) is 17.2 Å².